The van der Waals surface area contributed by atoms with Crippen molar-refractivity contribution in [3.8, 4) is 16.9 Å². The summed E-state index contributed by atoms with van der Waals surface area (Å²) in [7, 11) is 1.73. The summed E-state index contributed by atoms with van der Waals surface area (Å²) in [5, 5.41) is 4.12. The van der Waals surface area contributed by atoms with Crippen molar-refractivity contribution in [2.75, 3.05) is 26.4 Å². The van der Waals surface area contributed by atoms with E-state index in [9.17, 15) is 9.59 Å². The lowest BCUT2D eigenvalue weighted by atomic mass is 9.96. The van der Waals surface area contributed by atoms with Crippen molar-refractivity contribution in [3.05, 3.63) is 105 Å². The van der Waals surface area contributed by atoms with E-state index in [1.165, 1.54) is 0 Å². The molecule has 6 rings (SSSR count). The second kappa shape index (κ2) is 11.7. The highest BCUT2D eigenvalue weighted by molar-refractivity contribution is 5.81. The molecule has 216 valence electrons. The Morgan fingerprint density at radius 1 is 0.929 bits per heavy atom. The van der Waals surface area contributed by atoms with Crippen LogP contribution in [0, 0.1) is 13.8 Å². The molecule has 1 aliphatic rings. The first-order chi connectivity index (χ1) is 20.4. The van der Waals surface area contributed by atoms with Gasteiger partial charge in [-0.05, 0) is 60.4 Å². The summed E-state index contributed by atoms with van der Waals surface area (Å²) in [5.41, 5.74) is 7.36. The van der Waals surface area contributed by atoms with Crippen molar-refractivity contribution in [3.63, 3.8) is 0 Å². The number of fused-ring (bicyclic) bond motifs is 4. The second-order valence-corrected chi connectivity index (χ2v) is 10.7. The second-order valence-electron chi connectivity index (χ2n) is 10.7. The summed E-state index contributed by atoms with van der Waals surface area (Å²) in [5.74, 6) is 1.45. The van der Waals surface area contributed by atoms with Crippen molar-refractivity contribution < 1.29 is 18.8 Å². The lowest BCUT2D eigenvalue weighted by Gasteiger charge is -2.24. The predicted molar refractivity (Wildman–Crippen MR) is 160 cm³/mol. The molecule has 9 nitrogen and oxygen atoms in total. The summed E-state index contributed by atoms with van der Waals surface area (Å²) in [6.07, 6.45) is 0.653. The van der Waals surface area contributed by atoms with Gasteiger partial charge in [-0.3, -0.25) is 13.9 Å². The Morgan fingerprint density at radius 2 is 1.74 bits per heavy atom. The third-order valence-corrected chi connectivity index (χ3v) is 7.83. The molecule has 0 aliphatic carbocycles. The first-order valence-corrected chi connectivity index (χ1v) is 14.2. The maximum Gasteiger partial charge on any atom is 0.329 e. The van der Waals surface area contributed by atoms with Crippen LogP contribution < -0.4 is 10.4 Å². The normalized spacial score (nSPS) is 14.3. The molecule has 1 amide bonds. The van der Waals surface area contributed by atoms with Gasteiger partial charge < -0.3 is 18.9 Å². The van der Waals surface area contributed by atoms with Gasteiger partial charge in [0.05, 0.1) is 29.9 Å². The Morgan fingerprint density at radius 3 is 2.55 bits per heavy atom. The van der Waals surface area contributed by atoms with Gasteiger partial charge in [0.1, 0.15) is 24.7 Å². The summed E-state index contributed by atoms with van der Waals surface area (Å²) in [6, 6.07) is 22.0. The maximum atomic E-state index is 13.6. The van der Waals surface area contributed by atoms with E-state index in [1.807, 2.05) is 62.4 Å². The van der Waals surface area contributed by atoms with E-state index < -0.39 is 0 Å². The highest BCUT2D eigenvalue weighted by Crippen LogP contribution is 2.32. The van der Waals surface area contributed by atoms with E-state index >= 15 is 0 Å². The molecule has 0 radical (unpaired) electrons. The zero-order chi connectivity index (χ0) is 29.2. The van der Waals surface area contributed by atoms with Crippen molar-refractivity contribution in [1.82, 2.24) is 19.2 Å². The maximum absolute atomic E-state index is 13.6. The van der Waals surface area contributed by atoms with E-state index in [-0.39, 0.29) is 18.1 Å². The van der Waals surface area contributed by atoms with Gasteiger partial charge in [0.15, 0.2) is 0 Å². The number of para-hydroxylation sites is 2. The van der Waals surface area contributed by atoms with Gasteiger partial charge in [-0.25, -0.2) is 4.79 Å². The minimum atomic E-state index is -0.211. The van der Waals surface area contributed by atoms with E-state index in [1.54, 1.807) is 21.1 Å². The third kappa shape index (κ3) is 5.47. The molecule has 3 aromatic carbocycles. The number of aryl methyl sites for hydroxylation is 3. The summed E-state index contributed by atoms with van der Waals surface area (Å²) in [6.45, 7) is 5.77. The van der Waals surface area contributed by atoms with Crippen molar-refractivity contribution >= 4 is 16.9 Å². The van der Waals surface area contributed by atoms with Crippen LogP contribution in [0.4, 0.5) is 0 Å². The number of ether oxygens (including phenoxy) is 2. The molecule has 5 aromatic rings. The van der Waals surface area contributed by atoms with Crippen LogP contribution in [0.25, 0.3) is 22.2 Å². The van der Waals surface area contributed by atoms with Crippen molar-refractivity contribution in [1.29, 1.82) is 0 Å². The molecule has 3 heterocycles. The van der Waals surface area contributed by atoms with E-state index in [4.69, 9.17) is 14.0 Å². The van der Waals surface area contributed by atoms with Crippen LogP contribution >= 0.6 is 0 Å². The Balaban J connectivity index is 1.29. The van der Waals surface area contributed by atoms with Gasteiger partial charge in [-0.2, -0.15) is 0 Å². The van der Waals surface area contributed by atoms with Gasteiger partial charge in [0.2, 0.25) is 5.91 Å². The molecule has 42 heavy (non-hydrogen) atoms. The number of imidazole rings is 1. The van der Waals surface area contributed by atoms with Crippen LogP contribution in [-0.4, -0.2) is 51.5 Å². The fraction of sp³-hybridized carbons (Fsp3) is 0.303. The molecular weight excluding hydrogens is 532 g/mol. The Bertz CT molecular complexity index is 1800. The standard InChI is InChI=1S/C33H34N4O5/c1-22-32(23(2)42-34-22)26-11-12-30-27(19-26)18-24-7-6-8-25(17-24)20-36(13-14-40-15-16-41-30)31(38)21-37-29-10-5-4-9-28(29)35(3)33(37)39/h4-12,17,19H,13-16,18,20-21H2,1-3H3. The first kappa shape index (κ1) is 27.5. The van der Waals surface area contributed by atoms with Gasteiger partial charge in [-0.15, -0.1) is 0 Å². The molecular formula is C33H34N4O5. The van der Waals surface area contributed by atoms with Gasteiger partial charge >= 0.3 is 5.69 Å². The molecule has 9 heteroatoms. The lowest BCUT2D eigenvalue weighted by Crippen LogP contribution is -2.38. The minimum Gasteiger partial charge on any atom is -0.491 e. The average molecular weight is 567 g/mol. The molecule has 0 unspecified atom stereocenters. The smallest absolute Gasteiger partial charge is 0.329 e. The zero-order valence-electron chi connectivity index (χ0n) is 24.1. The van der Waals surface area contributed by atoms with Crippen LogP contribution in [-0.2, 0) is 36.1 Å². The molecule has 1 aliphatic heterocycles. The summed E-state index contributed by atoms with van der Waals surface area (Å²) >= 11 is 0. The summed E-state index contributed by atoms with van der Waals surface area (Å²) < 4.78 is 20.6. The fourth-order valence-corrected chi connectivity index (χ4v) is 5.72. The van der Waals surface area contributed by atoms with Gasteiger partial charge in [-0.1, -0.05) is 47.6 Å². The largest absolute Gasteiger partial charge is 0.491 e. The van der Waals surface area contributed by atoms with Gasteiger partial charge in [0.25, 0.3) is 0 Å². The number of carbonyl (C=O) groups excluding carboxylic acids is 1. The zero-order valence-corrected chi connectivity index (χ0v) is 24.1. The molecule has 0 saturated heterocycles. The van der Waals surface area contributed by atoms with E-state index in [0.29, 0.717) is 39.3 Å². The number of hydrogen-bond acceptors (Lipinski definition) is 6. The predicted octanol–water partition coefficient (Wildman–Crippen LogP) is 4.64. The Hall–Kier alpha value is -4.63. The van der Waals surface area contributed by atoms with Crippen LogP contribution in [0.15, 0.2) is 76.0 Å². The van der Waals surface area contributed by atoms with Crippen molar-refractivity contribution in [2.45, 2.75) is 33.4 Å². The van der Waals surface area contributed by atoms with E-state index in [0.717, 1.165) is 56.1 Å². The van der Waals surface area contributed by atoms with Crippen LogP contribution in [0.3, 0.4) is 0 Å². The summed E-state index contributed by atoms with van der Waals surface area (Å²) in [4.78, 5) is 28.4. The van der Waals surface area contributed by atoms with Crippen molar-refractivity contribution in [2.24, 2.45) is 7.05 Å². The molecule has 0 spiro atoms. The Kier molecular flexibility index (Phi) is 7.67. The van der Waals surface area contributed by atoms with Crippen LogP contribution in [0.1, 0.15) is 28.1 Å². The van der Waals surface area contributed by atoms with Gasteiger partial charge in [0, 0.05) is 32.1 Å². The van der Waals surface area contributed by atoms with E-state index in [2.05, 4.69) is 23.4 Å². The number of benzene rings is 3. The number of hydrogen-bond donors (Lipinski definition) is 0. The molecule has 2 aromatic heterocycles. The monoisotopic (exact) mass is 566 g/mol. The SMILES string of the molecule is Cc1noc(C)c1-c1ccc2c(c1)Cc1cccc(c1)CN(C(=O)Cn1c(=O)n(C)c3ccccc31)CCOCCO2. The number of rotatable bonds is 3. The number of aromatic nitrogens is 3. The fourth-order valence-electron chi connectivity index (χ4n) is 5.72. The number of nitrogens with zero attached hydrogens (tertiary/aromatic N) is 4. The topological polar surface area (TPSA) is 91.7 Å². The molecule has 0 N–H and O–H groups in total. The number of carbonyl (C=O) groups is 1. The quantitative estimate of drug-likeness (QED) is 0.316. The molecule has 0 fully saturated rings. The lowest BCUT2D eigenvalue weighted by molar-refractivity contribution is -0.133. The molecule has 0 saturated carbocycles. The average Bonchev–Trinajstić information content (AvgIpc) is 3.45. The van der Waals surface area contributed by atoms with Crippen LogP contribution in [0.2, 0.25) is 0 Å². The molecule has 2 bridgehead atoms. The van der Waals surface area contributed by atoms with Crippen LogP contribution in [0.5, 0.6) is 5.75 Å². The first-order valence-electron chi connectivity index (χ1n) is 14.2. The third-order valence-electron chi connectivity index (χ3n) is 7.83. The highest BCUT2D eigenvalue weighted by atomic mass is 16.5. The minimum absolute atomic E-state index is 0.0408. The molecule has 0 atom stereocenters. The highest BCUT2D eigenvalue weighted by Gasteiger charge is 2.20. The number of amides is 1. The Labute approximate surface area is 243 Å².